The second-order valence-corrected chi connectivity index (χ2v) is 6.03. The molecule has 0 amide bonds. The first kappa shape index (κ1) is 14.6. The number of benzene rings is 2. The molecule has 1 aliphatic carbocycles. The van der Waals surface area contributed by atoms with E-state index in [4.69, 9.17) is 14.9 Å². The number of methoxy groups -OCH3 is 1. The largest absolute Gasteiger partial charge is 0.508 e. The Morgan fingerprint density at radius 2 is 1.96 bits per heavy atom. The molecule has 0 saturated carbocycles. The van der Waals surface area contributed by atoms with Crippen molar-refractivity contribution in [2.75, 3.05) is 12.8 Å². The van der Waals surface area contributed by atoms with E-state index in [0.29, 0.717) is 17.0 Å². The molecule has 5 heteroatoms. The van der Waals surface area contributed by atoms with Gasteiger partial charge in [0.1, 0.15) is 17.1 Å². The van der Waals surface area contributed by atoms with Gasteiger partial charge < -0.3 is 20.0 Å². The van der Waals surface area contributed by atoms with Gasteiger partial charge in [0, 0.05) is 5.39 Å². The topological polar surface area (TPSA) is 85.7 Å². The van der Waals surface area contributed by atoms with Crippen molar-refractivity contribution in [3.63, 3.8) is 0 Å². The summed E-state index contributed by atoms with van der Waals surface area (Å²) in [7, 11) is 1.47. The molecule has 0 bridgehead atoms. The highest BCUT2D eigenvalue weighted by Crippen LogP contribution is 2.36. The Hall–Kier alpha value is -2.95. The predicted octanol–water partition coefficient (Wildman–Crippen LogP) is 3.45. The van der Waals surface area contributed by atoms with Crippen LogP contribution in [0.1, 0.15) is 33.7 Å². The van der Waals surface area contributed by atoms with Crippen LogP contribution in [0.2, 0.25) is 0 Å². The number of ketones is 1. The van der Waals surface area contributed by atoms with Gasteiger partial charge in [-0.05, 0) is 60.7 Å². The van der Waals surface area contributed by atoms with Crippen LogP contribution in [-0.4, -0.2) is 18.0 Å². The van der Waals surface area contributed by atoms with Crippen LogP contribution in [0.4, 0.5) is 5.69 Å². The first-order valence-corrected chi connectivity index (χ1v) is 7.84. The van der Waals surface area contributed by atoms with Crippen molar-refractivity contribution >= 4 is 22.4 Å². The third-order valence-electron chi connectivity index (χ3n) is 4.57. The number of hydrogen-bond donors (Lipinski definition) is 2. The van der Waals surface area contributed by atoms with E-state index < -0.39 is 5.78 Å². The lowest BCUT2D eigenvalue weighted by atomic mass is 10.0. The number of nitrogen functional groups attached to an aromatic ring is 1. The number of phenols is 1. The minimum absolute atomic E-state index is 0.0205. The average Bonchev–Trinajstić information content (AvgIpc) is 3.16. The van der Waals surface area contributed by atoms with Gasteiger partial charge in [-0.1, -0.05) is 0 Å². The van der Waals surface area contributed by atoms with Crippen LogP contribution < -0.4 is 10.5 Å². The fourth-order valence-corrected chi connectivity index (χ4v) is 3.35. The lowest BCUT2D eigenvalue weighted by molar-refractivity contribution is 0.101. The number of carbonyl (C=O) groups is 1. The van der Waals surface area contributed by atoms with Crippen LogP contribution in [0.15, 0.2) is 34.7 Å². The van der Waals surface area contributed by atoms with Gasteiger partial charge in [-0.3, -0.25) is 4.79 Å². The summed E-state index contributed by atoms with van der Waals surface area (Å²) < 4.78 is 11.0. The van der Waals surface area contributed by atoms with Crippen LogP contribution in [-0.2, 0) is 12.8 Å². The number of ether oxygens (including phenoxy) is 1. The Bertz CT molecular complexity index is 971. The quantitative estimate of drug-likeness (QED) is 0.721. The second-order valence-electron chi connectivity index (χ2n) is 6.03. The van der Waals surface area contributed by atoms with E-state index in [-0.39, 0.29) is 17.1 Å². The SMILES string of the molecule is COc1ccc(O)cc1C(=O)c1oc2cc3c(cc2c1N)CCC3. The van der Waals surface area contributed by atoms with E-state index >= 15 is 0 Å². The number of anilines is 1. The van der Waals surface area contributed by atoms with Crippen molar-refractivity contribution in [3.05, 3.63) is 52.8 Å². The van der Waals surface area contributed by atoms with Gasteiger partial charge >= 0.3 is 0 Å². The Morgan fingerprint density at radius 1 is 1.21 bits per heavy atom. The Labute approximate surface area is 138 Å². The smallest absolute Gasteiger partial charge is 0.234 e. The highest BCUT2D eigenvalue weighted by atomic mass is 16.5. The summed E-state index contributed by atoms with van der Waals surface area (Å²) in [5.41, 5.74) is 9.87. The molecule has 0 fully saturated rings. The monoisotopic (exact) mass is 323 g/mol. The summed E-state index contributed by atoms with van der Waals surface area (Å²) in [6.07, 6.45) is 3.18. The van der Waals surface area contributed by atoms with Crippen LogP contribution in [0.5, 0.6) is 11.5 Å². The third kappa shape index (κ3) is 2.12. The molecular formula is C19H17NO4. The minimum atomic E-state index is -0.406. The van der Waals surface area contributed by atoms with Gasteiger partial charge in [0.15, 0.2) is 5.76 Å². The first-order valence-electron chi connectivity index (χ1n) is 7.84. The van der Waals surface area contributed by atoms with Gasteiger partial charge in [-0.2, -0.15) is 0 Å². The molecule has 1 heterocycles. The van der Waals surface area contributed by atoms with E-state index in [9.17, 15) is 9.90 Å². The molecule has 0 unspecified atom stereocenters. The summed E-state index contributed by atoms with van der Waals surface area (Å²) in [4.78, 5) is 12.9. The number of phenolic OH excluding ortho intramolecular Hbond substituents is 1. The zero-order valence-corrected chi connectivity index (χ0v) is 13.3. The van der Waals surface area contributed by atoms with Crippen LogP contribution in [0, 0.1) is 0 Å². The number of hydrogen-bond acceptors (Lipinski definition) is 5. The summed E-state index contributed by atoms with van der Waals surface area (Å²) in [5, 5.41) is 10.4. The maximum Gasteiger partial charge on any atom is 0.234 e. The lowest BCUT2D eigenvalue weighted by Crippen LogP contribution is -2.05. The third-order valence-corrected chi connectivity index (χ3v) is 4.57. The van der Waals surface area contributed by atoms with E-state index in [1.165, 1.54) is 36.4 Å². The molecule has 5 nitrogen and oxygen atoms in total. The van der Waals surface area contributed by atoms with Crippen molar-refractivity contribution in [3.8, 4) is 11.5 Å². The number of furan rings is 1. The maximum atomic E-state index is 12.9. The van der Waals surface area contributed by atoms with Crippen molar-refractivity contribution in [2.24, 2.45) is 0 Å². The molecule has 0 radical (unpaired) electrons. The molecule has 0 spiro atoms. The number of nitrogens with two attached hydrogens (primary N) is 1. The van der Waals surface area contributed by atoms with Crippen LogP contribution in [0.25, 0.3) is 11.0 Å². The van der Waals surface area contributed by atoms with Gasteiger partial charge in [-0.15, -0.1) is 0 Å². The van der Waals surface area contributed by atoms with E-state index in [0.717, 1.165) is 24.6 Å². The van der Waals surface area contributed by atoms with Crippen LogP contribution in [0.3, 0.4) is 0 Å². The molecule has 4 rings (SSSR count). The molecule has 0 atom stereocenters. The van der Waals surface area contributed by atoms with E-state index in [1.54, 1.807) is 0 Å². The van der Waals surface area contributed by atoms with Crippen molar-refractivity contribution in [2.45, 2.75) is 19.3 Å². The molecule has 1 aromatic heterocycles. The molecule has 0 aliphatic heterocycles. The molecule has 122 valence electrons. The maximum absolute atomic E-state index is 12.9. The number of rotatable bonds is 3. The van der Waals surface area contributed by atoms with Gasteiger partial charge in [-0.25, -0.2) is 0 Å². The highest BCUT2D eigenvalue weighted by Gasteiger charge is 2.25. The zero-order chi connectivity index (χ0) is 16.8. The molecule has 1 aliphatic rings. The number of fused-ring (bicyclic) bond motifs is 2. The average molecular weight is 323 g/mol. The fraction of sp³-hybridized carbons (Fsp3) is 0.211. The zero-order valence-electron chi connectivity index (χ0n) is 13.3. The number of aryl methyl sites for hydroxylation is 2. The van der Waals surface area contributed by atoms with E-state index in [2.05, 4.69) is 0 Å². The normalized spacial score (nSPS) is 13.2. The van der Waals surface area contributed by atoms with Gasteiger partial charge in [0.2, 0.25) is 5.78 Å². The lowest BCUT2D eigenvalue weighted by Gasteiger charge is -2.07. The van der Waals surface area contributed by atoms with E-state index in [1.807, 2.05) is 12.1 Å². The molecule has 3 N–H and O–H groups in total. The Balaban J connectivity index is 1.86. The number of carbonyl (C=O) groups excluding carboxylic acids is 1. The summed E-state index contributed by atoms with van der Waals surface area (Å²) in [5.74, 6) is 0.0159. The van der Waals surface area contributed by atoms with Crippen LogP contribution >= 0.6 is 0 Å². The molecule has 24 heavy (non-hydrogen) atoms. The Morgan fingerprint density at radius 3 is 2.71 bits per heavy atom. The summed E-state index contributed by atoms with van der Waals surface area (Å²) >= 11 is 0. The van der Waals surface area contributed by atoms with Crippen molar-refractivity contribution in [1.29, 1.82) is 0 Å². The molecule has 2 aromatic carbocycles. The molecule has 0 saturated heterocycles. The first-order chi connectivity index (χ1) is 11.6. The molecular weight excluding hydrogens is 306 g/mol. The van der Waals surface area contributed by atoms with Gasteiger partial charge in [0.25, 0.3) is 0 Å². The Kier molecular flexibility index (Phi) is 3.23. The molecule has 3 aromatic rings. The summed E-state index contributed by atoms with van der Waals surface area (Å²) in [6, 6.07) is 8.35. The highest BCUT2D eigenvalue weighted by molar-refractivity contribution is 6.15. The number of aromatic hydroxyl groups is 1. The standard InChI is InChI=1S/C19H17NO4/c1-23-15-6-5-12(21)9-14(15)18(22)19-17(20)13-7-10-3-2-4-11(10)8-16(13)24-19/h5-9,21H,2-4,20H2,1H3. The predicted molar refractivity (Wildman–Crippen MR) is 90.7 cm³/mol. The second kappa shape index (κ2) is 5.30. The van der Waals surface area contributed by atoms with Crippen molar-refractivity contribution < 1.29 is 19.1 Å². The van der Waals surface area contributed by atoms with Crippen molar-refractivity contribution in [1.82, 2.24) is 0 Å². The minimum Gasteiger partial charge on any atom is -0.508 e. The summed E-state index contributed by atoms with van der Waals surface area (Å²) in [6.45, 7) is 0. The van der Waals surface area contributed by atoms with Gasteiger partial charge in [0.05, 0.1) is 18.4 Å². The fourth-order valence-electron chi connectivity index (χ4n) is 3.35.